The first-order valence-electron chi connectivity index (χ1n) is 5.65. The summed E-state index contributed by atoms with van der Waals surface area (Å²) in [5.41, 5.74) is -3.93. The van der Waals surface area contributed by atoms with Crippen LogP contribution in [0.2, 0.25) is 10.0 Å². The van der Waals surface area contributed by atoms with E-state index < -0.39 is 44.9 Å². The highest BCUT2D eigenvalue weighted by atomic mass is 35.5. The number of alkyl halides is 6. The summed E-state index contributed by atoms with van der Waals surface area (Å²) in [6, 6.07) is 1.07. The minimum absolute atomic E-state index is 0.318. The van der Waals surface area contributed by atoms with Gasteiger partial charge in [-0.05, 0) is 12.1 Å². The van der Waals surface area contributed by atoms with E-state index in [1.165, 1.54) is 0 Å². The van der Waals surface area contributed by atoms with Crippen molar-refractivity contribution in [3.05, 3.63) is 39.0 Å². The van der Waals surface area contributed by atoms with Crippen LogP contribution in [-0.4, -0.2) is 10.2 Å². The number of terminal acetylenes is 1. The molecule has 2 aromatic rings. The van der Waals surface area contributed by atoms with Gasteiger partial charge in [-0.2, -0.15) is 31.4 Å². The van der Waals surface area contributed by atoms with E-state index in [1.54, 1.807) is 11.0 Å². The Bertz CT molecular complexity index is 775. The molecule has 1 N–H and O–H groups in total. The minimum Gasteiger partial charge on any atom is -0.272 e. The first-order valence-corrected chi connectivity index (χ1v) is 6.41. The van der Waals surface area contributed by atoms with Crippen LogP contribution in [0.1, 0.15) is 16.8 Å². The molecule has 2 rings (SSSR count). The van der Waals surface area contributed by atoms with Crippen molar-refractivity contribution in [2.45, 2.75) is 12.4 Å². The molecular formula is C13H4Cl2F6N2. The van der Waals surface area contributed by atoms with Crippen LogP contribution in [-0.2, 0) is 12.4 Å². The SMILES string of the molecule is C#Cc1c(-c2c(Cl)cc(C(F)(F)F)cc2Cl)n[nH]c1C(F)(F)F. The number of H-pyrrole nitrogens is 1. The quantitative estimate of drug-likeness (QED) is 0.526. The summed E-state index contributed by atoms with van der Waals surface area (Å²) in [5.74, 6) is 1.80. The van der Waals surface area contributed by atoms with Gasteiger partial charge in [0.25, 0.3) is 0 Å². The normalized spacial score (nSPS) is 12.3. The molecule has 1 aromatic carbocycles. The van der Waals surface area contributed by atoms with Crippen LogP contribution in [0.25, 0.3) is 11.3 Å². The fourth-order valence-corrected chi connectivity index (χ4v) is 2.50. The molecular weight excluding hydrogens is 369 g/mol. The van der Waals surface area contributed by atoms with Gasteiger partial charge in [-0.3, -0.25) is 5.10 Å². The van der Waals surface area contributed by atoms with Gasteiger partial charge in [-0.25, -0.2) is 0 Å². The van der Waals surface area contributed by atoms with E-state index in [1.807, 2.05) is 0 Å². The summed E-state index contributed by atoms with van der Waals surface area (Å²) < 4.78 is 76.4. The van der Waals surface area contributed by atoms with Gasteiger partial charge < -0.3 is 0 Å². The van der Waals surface area contributed by atoms with Gasteiger partial charge in [0.15, 0.2) is 5.69 Å². The number of aromatic nitrogens is 2. The molecule has 0 aliphatic carbocycles. The average Bonchev–Trinajstić information content (AvgIpc) is 2.80. The number of rotatable bonds is 1. The zero-order valence-electron chi connectivity index (χ0n) is 10.7. The van der Waals surface area contributed by atoms with Crippen molar-refractivity contribution in [1.29, 1.82) is 0 Å². The van der Waals surface area contributed by atoms with Crippen LogP contribution in [0.5, 0.6) is 0 Å². The molecule has 10 heteroatoms. The van der Waals surface area contributed by atoms with Crippen molar-refractivity contribution in [2.24, 2.45) is 0 Å². The second-order valence-corrected chi connectivity index (χ2v) is 5.09. The summed E-state index contributed by atoms with van der Waals surface area (Å²) >= 11 is 11.5. The zero-order valence-corrected chi connectivity index (χ0v) is 12.2. The molecule has 0 amide bonds. The smallest absolute Gasteiger partial charge is 0.272 e. The molecule has 0 saturated heterocycles. The number of hydrogen-bond acceptors (Lipinski definition) is 1. The third kappa shape index (κ3) is 3.26. The highest BCUT2D eigenvalue weighted by Crippen LogP contribution is 2.42. The lowest BCUT2D eigenvalue weighted by atomic mass is 10.0. The Morgan fingerprint density at radius 1 is 1.00 bits per heavy atom. The number of halogens is 8. The van der Waals surface area contributed by atoms with Gasteiger partial charge in [-0.1, -0.05) is 29.1 Å². The minimum atomic E-state index is -4.82. The fourth-order valence-electron chi connectivity index (χ4n) is 1.83. The number of hydrogen-bond donors (Lipinski definition) is 1. The molecule has 122 valence electrons. The molecule has 0 spiro atoms. The van der Waals surface area contributed by atoms with Gasteiger partial charge in [0, 0.05) is 5.56 Å². The van der Waals surface area contributed by atoms with Crippen LogP contribution in [0.4, 0.5) is 26.3 Å². The lowest BCUT2D eigenvalue weighted by Gasteiger charge is -2.11. The number of nitrogens with one attached hydrogen (secondary N) is 1. The van der Waals surface area contributed by atoms with Crippen molar-refractivity contribution in [1.82, 2.24) is 10.2 Å². The summed E-state index contributed by atoms with van der Waals surface area (Å²) in [5, 5.41) is 4.05. The number of benzene rings is 1. The summed E-state index contributed by atoms with van der Waals surface area (Å²) in [6.07, 6.45) is -4.49. The Labute approximate surface area is 135 Å². The summed E-state index contributed by atoms with van der Waals surface area (Å²) in [7, 11) is 0. The molecule has 23 heavy (non-hydrogen) atoms. The second kappa shape index (κ2) is 5.65. The molecule has 0 unspecified atom stereocenters. The van der Waals surface area contributed by atoms with Crippen LogP contribution in [0.15, 0.2) is 12.1 Å². The average molecular weight is 373 g/mol. The topological polar surface area (TPSA) is 28.7 Å². The fraction of sp³-hybridized carbons (Fsp3) is 0.154. The maximum absolute atomic E-state index is 12.8. The predicted molar refractivity (Wildman–Crippen MR) is 72.0 cm³/mol. The van der Waals surface area contributed by atoms with Crippen LogP contribution in [0, 0.1) is 12.3 Å². The Kier molecular flexibility index (Phi) is 4.30. The van der Waals surface area contributed by atoms with Crippen LogP contribution >= 0.6 is 23.2 Å². The van der Waals surface area contributed by atoms with E-state index in [0.29, 0.717) is 12.1 Å². The molecule has 0 aliphatic rings. The molecule has 1 heterocycles. The van der Waals surface area contributed by atoms with Gasteiger partial charge in [-0.15, -0.1) is 6.42 Å². The molecule has 0 saturated carbocycles. The van der Waals surface area contributed by atoms with Crippen LogP contribution in [0.3, 0.4) is 0 Å². The van der Waals surface area contributed by atoms with E-state index in [4.69, 9.17) is 29.6 Å². The highest BCUT2D eigenvalue weighted by Gasteiger charge is 2.38. The molecule has 0 atom stereocenters. The predicted octanol–water partition coefficient (Wildman–Crippen LogP) is 5.40. The second-order valence-electron chi connectivity index (χ2n) is 4.28. The third-order valence-electron chi connectivity index (χ3n) is 2.80. The third-order valence-corrected chi connectivity index (χ3v) is 3.40. The molecule has 0 bridgehead atoms. The largest absolute Gasteiger partial charge is 0.434 e. The molecule has 1 aromatic heterocycles. The first-order chi connectivity index (χ1) is 10.5. The van der Waals surface area contributed by atoms with Crippen molar-refractivity contribution in [2.75, 3.05) is 0 Å². The standard InChI is InChI=1S/C13H4Cl2F6N2/c1-2-6-10(22-23-11(6)13(19,20)21)9-7(14)3-5(4-8(9)15)12(16,17)18/h1,3-4H,(H,22,23). The van der Waals surface area contributed by atoms with Gasteiger partial charge in [0.05, 0.1) is 21.2 Å². The lowest BCUT2D eigenvalue weighted by Crippen LogP contribution is -2.07. The summed E-state index contributed by atoms with van der Waals surface area (Å²) in [4.78, 5) is 0. The van der Waals surface area contributed by atoms with E-state index in [-0.39, 0.29) is 5.56 Å². The van der Waals surface area contributed by atoms with E-state index in [2.05, 4.69) is 5.10 Å². The van der Waals surface area contributed by atoms with Crippen molar-refractivity contribution < 1.29 is 26.3 Å². The molecule has 0 fully saturated rings. The van der Waals surface area contributed by atoms with Gasteiger partial charge >= 0.3 is 12.4 Å². The van der Waals surface area contributed by atoms with E-state index in [0.717, 1.165) is 0 Å². The lowest BCUT2D eigenvalue weighted by molar-refractivity contribution is -0.141. The van der Waals surface area contributed by atoms with Gasteiger partial charge in [0.1, 0.15) is 5.69 Å². The van der Waals surface area contributed by atoms with Gasteiger partial charge in [0.2, 0.25) is 0 Å². The molecule has 2 nitrogen and oxygen atoms in total. The first kappa shape index (κ1) is 17.5. The maximum Gasteiger partial charge on any atom is 0.434 e. The highest BCUT2D eigenvalue weighted by molar-refractivity contribution is 6.39. The zero-order chi connectivity index (χ0) is 17.6. The van der Waals surface area contributed by atoms with Crippen molar-refractivity contribution >= 4 is 23.2 Å². The van der Waals surface area contributed by atoms with E-state index >= 15 is 0 Å². The number of aromatic amines is 1. The van der Waals surface area contributed by atoms with Crippen LogP contribution < -0.4 is 0 Å². The summed E-state index contributed by atoms with van der Waals surface area (Å²) in [6.45, 7) is 0. The Hall–Kier alpha value is -1.85. The maximum atomic E-state index is 12.8. The monoisotopic (exact) mass is 372 g/mol. The molecule has 0 aliphatic heterocycles. The van der Waals surface area contributed by atoms with Crippen molar-refractivity contribution in [3.63, 3.8) is 0 Å². The number of nitrogens with zero attached hydrogens (tertiary/aromatic N) is 1. The Morgan fingerprint density at radius 3 is 1.91 bits per heavy atom. The van der Waals surface area contributed by atoms with Crippen molar-refractivity contribution in [3.8, 4) is 23.6 Å². The Balaban J connectivity index is 2.70. The molecule has 0 radical (unpaired) electrons. The Morgan fingerprint density at radius 2 is 1.52 bits per heavy atom. The van der Waals surface area contributed by atoms with E-state index in [9.17, 15) is 26.3 Å².